The molecule has 1 saturated heterocycles. The van der Waals surface area contributed by atoms with Crippen LogP contribution in [0.1, 0.15) is 24.8 Å². The predicted molar refractivity (Wildman–Crippen MR) is 70.8 cm³/mol. The molecule has 19 heavy (non-hydrogen) atoms. The third-order valence-corrected chi connectivity index (χ3v) is 3.83. The first-order valence-electron chi connectivity index (χ1n) is 6.83. The smallest absolute Gasteiger partial charge is 0.231 e. The lowest BCUT2D eigenvalue weighted by Gasteiger charge is -2.31. The van der Waals surface area contributed by atoms with Gasteiger partial charge in [0.15, 0.2) is 11.5 Å². The van der Waals surface area contributed by atoms with Crippen molar-refractivity contribution in [3.05, 3.63) is 23.8 Å². The van der Waals surface area contributed by atoms with Crippen molar-refractivity contribution < 1.29 is 9.47 Å². The number of ether oxygens (including phenoxy) is 2. The summed E-state index contributed by atoms with van der Waals surface area (Å²) in [4.78, 5) is 2.43. The Morgan fingerprint density at radius 1 is 1.32 bits per heavy atom. The predicted octanol–water partition coefficient (Wildman–Crippen LogP) is 2.54. The zero-order chi connectivity index (χ0) is 13.1. The second-order valence-electron chi connectivity index (χ2n) is 5.29. The minimum atomic E-state index is 0.326. The molecule has 1 fully saturated rings. The number of likely N-dealkylation sites (tertiary alicyclic amines) is 1. The fourth-order valence-corrected chi connectivity index (χ4v) is 2.89. The molecule has 4 nitrogen and oxygen atoms in total. The fourth-order valence-electron chi connectivity index (χ4n) is 2.89. The number of hydrogen-bond donors (Lipinski definition) is 0. The Kier molecular flexibility index (Phi) is 3.56. The number of piperidine rings is 1. The summed E-state index contributed by atoms with van der Waals surface area (Å²) < 4.78 is 10.7. The molecule has 1 aromatic rings. The molecule has 0 saturated carbocycles. The maximum atomic E-state index is 8.80. The van der Waals surface area contributed by atoms with Crippen LogP contribution in [0.4, 0.5) is 0 Å². The molecule has 100 valence electrons. The van der Waals surface area contributed by atoms with Gasteiger partial charge < -0.3 is 9.47 Å². The molecule has 1 aromatic carbocycles. The van der Waals surface area contributed by atoms with Gasteiger partial charge in [0.2, 0.25) is 6.79 Å². The normalized spacial score (nSPS) is 22.2. The summed E-state index contributed by atoms with van der Waals surface area (Å²) in [5.41, 5.74) is 1.25. The Morgan fingerprint density at radius 2 is 2.21 bits per heavy atom. The Hall–Kier alpha value is -1.73. The summed E-state index contributed by atoms with van der Waals surface area (Å²) in [7, 11) is 0. The van der Waals surface area contributed by atoms with Crippen molar-refractivity contribution >= 4 is 0 Å². The summed E-state index contributed by atoms with van der Waals surface area (Å²) in [5, 5.41) is 8.80. The molecule has 0 bridgehead atoms. The zero-order valence-corrected chi connectivity index (χ0v) is 11.0. The van der Waals surface area contributed by atoms with E-state index in [2.05, 4.69) is 23.1 Å². The number of nitrogens with zero attached hydrogens (tertiary/aromatic N) is 2. The van der Waals surface area contributed by atoms with Crippen LogP contribution in [0.25, 0.3) is 0 Å². The molecule has 0 aliphatic carbocycles. The van der Waals surface area contributed by atoms with E-state index in [9.17, 15) is 0 Å². The van der Waals surface area contributed by atoms with Crippen LogP contribution >= 0.6 is 0 Å². The second-order valence-corrected chi connectivity index (χ2v) is 5.29. The van der Waals surface area contributed by atoms with Gasteiger partial charge in [-0.05, 0) is 43.0 Å². The van der Waals surface area contributed by atoms with Crippen LogP contribution in [-0.2, 0) is 6.54 Å². The van der Waals surface area contributed by atoms with E-state index >= 15 is 0 Å². The highest BCUT2D eigenvalue weighted by Gasteiger charge is 2.20. The minimum absolute atomic E-state index is 0.326. The molecule has 3 rings (SSSR count). The van der Waals surface area contributed by atoms with E-state index < -0.39 is 0 Å². The van der Waals surface area contributed by atoms with Crippen molar-refractivity contribution in [3.63, 3.8) is 0 Å². The van der Waals surface area contributed by atoms with E-state index in [-0.39, 0.29) is 0 Å². The van der Waals surface area contributed by atoms with Crippen molar-refractivity contribution in [2.75, 3.05) is 19.9 Å². The Morgan fingerprint density at radius 3 is 3.11 bits per heavy atom. The van der Waals surface area contributed by atoms with Gasteiger partial charge in [-0.25, -0.2) is 0 Å². The highest BCUT2D eigenvalue weighted by Crippen LogP contribution is 2.33. The molecule has 0 spiro atoms. The van der Waals surface area contributed by atoms with Crippen LogP contribution in [-0.4, -0.2) is 24.8 Å². The monoisotopic (exact) mass is 258 g/mol. The third-order valence-electron chi connectivity index (χ3n) is 3.83. The molecule has 0 aromatic heterocycles. The molecule has 0 N–H and O–H groups in total. The topological polar surface area (TPSA) is 45.5 Å². The quantitative estimate of drug-likeness (QED) is 0.835. The molecule has 2 heterocycles. The maximum absolute atomic E-state index is 8.80. The minimum Gasteiger partial charge on any atom is -0.454 e. The van der Waals surface area contributed by atoms with Gasteiger partial charge in [-0.3, -0.25) is 4.90 Å². The third kappa shape index (κ3) is 2.82. The average Bonchev–Trinajstić information content (AvgIpc) is 2.87. The van der Waals surface area contributed by atoms with Crippen molar-refractivity contribution in [2.24, 2.45) is 5.92 Å². The van der Waals surface area contributed by atoms with Crippen molar-refractivity contribution in [1.82, 2.24) is 4.90 Å². The first kappa shape index (κ1) is 12.3. The molecular formula is C15H18N2O2. The average molecular weight is 258 g/mol. The lowest BCUT2D eigenvalue weighted by molar-refractivity contribution is 0.168. The van der Waals surface area contributed by atoms with Crippen LogP contribution in [0.15, 0.2) is 18.2 Å². The molecule has 1 atom stereocenters. The van der Waals surface area contributed by atoms with Crippen LogP contribution in [0.2, 0.25) is 0 Å². The van der Waals surface area contributed by atoms with Crippen LogP contribution in [0, 0.1) is 17.2 Å². The van der Waals surface area contributed by atoms with Gasteiger partial charge in [0.1, 0.15) is 0 Å². The number of rotatable bonds is 3. The van der Waals surface area contributed by atoms with E-state index in [0.717, 1.165) is 31.1 Å². The van der Waals surface area contributed by atoms with Gasteiger partial charge in [0.25, 0.3) is 0 Å². The van der Waals surface area contributed by atoms with Gasteiger partial charge in [0.05, 0.1) is 6.07 Å². The molecular weight excluding hydrogens is 240 g/mol. The largest absolute Gasteiger partial charge is 0.454 e. The van der Waals surface area contributed by atoms with Gasteiger partial charge in [0, 0.05) is 19.5 Å². The van der Waals surface area contributed by atoms with Crippen molar-refractivity contribution in [1.29, 1.82) is 5.26 Å². The SMILES string of the molecule is N#CCC1CCCN(Cc2ccc3c(c2)OCO3)C1. The fraction of sp³-hybridized carbons (Fsp3) is 0.533. The van der Waals surface area contributed by atoms with Crippen molar-refractivity contribution in [3.8, 4) is 17.6 Å². The summed E-state index contributed by atoms with van der Waals surface area (Å²) in [6.45, 7) is 3.41. The summed E-state index contributed by atoms with van der Waals surface area (Å²) in [6, 6.07) is 8.44. The second kappa shape index (κ2) is 5.50. The Bertz CT molecular complexity index is 495. The molecule has 0 radical (unpaired) electrons. The number of benzene rings is 1. The summed E-state index contributed by atoms with van der Waals surface area (Å²) in [5.74, 6) is 2.22. The van der Waals surface area contributed by atoms with E-state index in [1.54, 1.807) is 0 Å². The molecule has 2 aliphatic rings. The van der Waals surface area contributed by atoms with E-state index in [1.807, 2.05) is 6.07 Å². The van der Waals surface area contributed by atoms with Crippen LogP contribution in [0.3, 0.4) is 0 Å². The molecule has 1 unspecified atom stereocenters. The Balaban J connectivity index is 1.63. The van der Waals surface area contributed by atoms with E-state index in [0.29, 0.717) is 19.1 Å². The van der Waals surface area contributed by atoms with E-state index in [4.69, 9.17) is 14.7 Å². The van der Waals surface area contributed by atoms with Gasteiger partial charge in [-0.1, -0.05) is 6.07 Å². The van der Waals surface area contributed by atoms with Gasteiger partial charge in [-0.2, -0.15) is 5.26 Å². The van der Waals surface area contributed by atoms with Crippen molar-refractivity contribution in [2.45, 2.75) is 25.8 Å². The number of hydrogen-bond acceptors (Lipinski definition) is 4. The summed E-state index contributed by atoms with van der Waals surface area (Å²) >= 11 is 0. The Labute approximate surface area is 113 Å². The maximum Gasteiger partial charge on any atom is 0.231 e. The lowest BCUT2D eigenvalue weighted by atomic mass is 9.95. The highest BCUT2D eigenvalue weighted by molar-refractivity contribution is 5.44. The van der Waals surface area contributed by atoms with Crippen LogP contribution in [0.5, 0.6) is 11.5 Å². The molecule has 4 heteroatoms. The number of nitriles is 1. The molecule has 2 aliphatic heterocycles. The lowest BCUT2D eigenvalue weighted by Crippen LogP contribution is -2.34. The molecule has 0 amide bonds. The van der Waals surface area contributed by atoms with E-state index in [1.165, 1.54) is 18.4 Å². The highest BCUT2D eigenvalue weighted by atomic mass is 16.7. The number of fused-ring (bicyclic) bond motifs is 1. The van der Waals surface area contributed by atoms with Gasteiger partial charge in [-0.15, -0.1) is 0 Å². The standard InChI is InChI=1S/C15H18N2O2/c16-6-5-12-2-1-7-17(9-12)10-13-3-4-14-15(8-13)19-11-18-14/h3-4,8,12H,1-2,5,7,9-11H2. The van der Waals surface area contributed by atoms with Gasteiger partial charge >= 0.3 is 0 Å². The zero-order valence-electron chi connectivity index (χ0n) is 11.0. The first-order valence-corrected chi connectivity index (χ1v) is 6.83. The summed E-state index contributed by atoms with van der Waals surface area (Å²) in [6.07, 6.45) is 3.06. The first-order chi connectivity index (χ1) is 9.35. The van der Waals surface area contributed by atoms with Crippen LogP contribution < -0.4 is 9.47 Å².